The van der Waals surface area contributed by atoms with Crippen molar-refractivity contribution >= 4 is 26.1 Å². The average molecular weight is 397 g/mol. The Labute approximate surface area is 162 Å². The van der Waals surface area contributed by atoms with Crippen molar-refractivity contribution in [2.45, 2.75) is 83.4 Å². The third kappa shape index (κ3) is 3.35. The monoisotopic (exact) mass is 397 g/mol. The zero-order chi connectivity index (χ0) is 20.3. The first-order valence-corrected chi connectivity index (χ1v) is 12.6. The van der Waals surface area contributed by atoms with Crippen molar-refractivity contribution in [1.29, 1.82) is 0 Å². The summed E-state index contributed by atoms with van der Waals surface area (Å²) in [6.45, 7) is 19.5. The van der Waals surface area contributed by atoms with E-state index in [1.807, 2.05) is 6.07 Å². The van der Waals surface area contributed by atoms with Gasteiger partial charge >= 0.3 is 0 Å². The lowest BCUT2D eigenvalue weighted by Crippen LogP contribution is -2.38. The standard InChI is InChI=1S/C21H37NO2P2/c1-19(2,3)25-17-15(22(10)11)13-12-14-16(17)24-18(25)26(23,20(4,5)6)21(7,8)9/h12-14,18H,1-11H3. The van der Waals surface area contributed by atoms with Crippen LogP contribution in [0.1, 0.15) is 62.3 Å². The smallest absolute Gasteiger partial charge is 0.174 e. The third-order valence-corrected chi connectivity index (χ3v) is 14.5. The summed E-state index contributed by atoms with van der Waals surface area (Å²) < 4.78 is 21.3. The Hall–Kier alpha value is -0.520. The fourth-order valence-corrected chi connectivity index (χ4v) is 15.1. The highest BCUT2D eigenvalue weighted by molar-refractivity contribution is 7.84. The predicted octanol–water partition coefficient (Wildman–Crippen LogP) is 6.29. The molecule has 1 heterocycles. The molecule has 0 spiro atoms. The lowest BCUT2D eigenvalue weighted by molar-refractivity contribution is 0.341. The summed E-state index contributed by atoms with van der Waals surface area (Å²) in [7, 11) is 0.657. The van der Waals surface area contributed by atoms with Gasteiger partial charge in [-0.15, -0.1) is 0 Å². The van der Waals surface area contributed by atoms with Crippen LogP contribution in [0, 0.1) is 0 Å². The van der Waals surface area contributed by atoms with E-state index in [2.05, 4.69) is 93.4 Å². The Morgan fingerprint density at radius 2 is 1.46 bits per heavy atom. The predicted molar refractivity (Wildman–Crippen MR) is 119 cm³/mol. The molecule has 3 nitrogen and oxygen atoms in total. The van der Waals surface area contributed by atoms with Gasteiger partial charge < -0.3 is 14.2 Å². The summed E-state index contributed by atoms with van der Waals surface area (Å²) in [5.74, 6) is 0.927. The van der Waals surface area contributed by atoms with Gasteiger partial charge in [0.05, 0.1) is 0 Å². The van der Waals surface area contributed by atoms with E-state index in [0.29, 0.717) is 0 Å². The minimum Gasteiger partial charge on any atom is -0.477 e. The molecule has 0 aromatic heterocycles. The second-order valence-electron chi connectivity index (χ2n) is 10.5. The first-order valence-electron chi connectivity index (χ1n) is 9.40. The number of rotatable bonds is 2. The molecule has 1 aliphatic rings. The first-order chi connectivity index (χ1) is 11.5. The van der Waals surface area contributed by atoms with Gasteiger partial charge in [0.1, 0.15) is 12.9 Å². The SMILES string of the molecule is CN(C)c1cccc2c1P(C(C)(C)C)C(P(=O)(C(C)(C)C)C(C)(C)C)O2. The number of fused-ring (bicyclic) bond motifs is 1. The second-order valence-corrected chi connectivity index (χ2v) is 18.4. The van der Waals surface area contributed by atoms with Crippen LogP contribution in [0.3, 0.4) is 0 Å². The highest BCUT2D eigenvalue weighted by atomic mass is 31.2. The number of hydrogen-bond acceptors (Lipinski definition) is 3. The zero-order valence-electron chi connectivity index (χ0n) is 18.5. The van der Waals surface area contributed by atoms with E-state index < -0.39 is 15.1 Å². The van der Waals surface area contributed by atoms with Gasteiger partial charge in [0.25, 0.3) is 0 Å². The van der Waals surface area contributed by atoms with Crippen LogP contribution in [0.4, 0.5) is 5.69 Å². The quantitative estimate of drug-likeness (QED) is 0.549. The number of anilines is 1. The average Bonchev–Trinajstić information content (AvgIpc) is 2.82. The Morgan fingerprint density at radius 1 is 0.962 bits per heavy atom. The van der Waals surface area contributed by atoms with Gasteiger partial charge in [0.2, 0.25) is 0 Å². The number of ether oxygens (including phenoxy) is 1. The van der Waals surface area contributed by atoms with E-state index in [9.17, 15) is 4.57 Å². The summed E-state index contributed by atoms with van der Waals surface area (Å²) in [6.07, 6.45) is 0. The lowest BCUT2D eigenvalue weighted by Gasteiger charge is -2.47. The van der Waals surface area contributed by atoms with Crippen molar-refractivity contribution in [2.24, 2.45) is 0 Å². The lowest BCUT2D eigenvalue weighted by atomic mass is 10.2. The maximum absolute atomic E-state index is 14.7. The summed E-state index contributed by atoms with van der Waals surface area (Å²) in [5.41, 5.74) is 0.953. The summed E-state index contributed by atoms with van der Waals surface area (Å²) >= 11 is 0. The molecule has 0 bridgehead atoms. The van der Waals surface area contributed by atoms with Gasteiger partial charge in [-0.05, 0) is 25.2 Å². The van der Waals surface area contributed by atoms with Crippen LogP contribution in [0.15, 0.2) is 18.2 Å². The summed E-state index contributed by atoms with van der Waals surface area (Å²) in [5, 5.41) is 0.645. The van der Waals surface area contributed by atoms with Crippen molar-refractivity contribution in [3.63, 3.8) is 0 Å². The van der Waals surface area contributed by atoms with Crippen LogP contribution >= 0.6 is 15.1 Å². The normalized spacial score (nSPS) is 21.3. The molecule has 1 aromatic rings. The maximum atomic E-state index is 14.7. The fourth-order valence-electron chi connectivity index (χ4n) is 4.06. The molecule has 0 saturated heterocycles. The molecule has 0 N–H and O–H groups in total. The van der Waals surface area contributed by atoms with Crippen LogP contribution in [-0.2, 0) is 4.57 Å². The Balaban J connectivity index is 2.79. The van der Waals surface area contributed by atoms with E-state index in [0.717, 1.165) is 5.75 Å². The summed E-state index contributed by atoms with van der Waals surface area (Å²) in [6, 6.07) is 6.26. The van der Waals surface area contributed by atoms with Crippen molar-refractivity contribution < 1.29 is 9.30 Å². The minimum absolute atomic E-state index is 0.00350. The molecule has 0 amide bonds. The van der Waals surface area contributed by atoms with Crippen molar-refractivity contribution in [1.82, 2.24) is 0 Å². The molecule has 1 aliphatic heterocycles. The molecule has 148 valence electrons. The molecule has 2 rings (SSSR count). The molecule has 5 heteroatoms. The molecule has 2 unspecified atom stereocenters. The first kappa shape index (κ1) is 21.8. The van der Waals surface area contributed by atoms with E-state index in [4.69, 9.17) is 4.74 Å². The summed E-state index contributed by atoms with van der Waals surface area (Å²) in [4.78, 5) is 2.16. The van der Waals surface area contributed by atoms with E-state index >= 15 is 0 Å². The van der Waals surface area contributed by atoms with Crippen LogP contribution in [0.5, 0.6) is 5.75 Å². The number of nitrogens with zero attached hydrogens (tertiary/aromatic N) is 1. The molecule has 0 fully saturated rings. The van der Waals surface area contributed by atoms with Gasteiger partial charge in [-0.3, -0.25) is 0 Å². The Kier molecular flexibility index (Phi) is 5.46. The van der Waals surface area contributed by atoms with Gasteiger partial charge in [-0.1, -0.05) is 68.4 Å². The van der Waals surface area contributed by atoms with Crippen LogP contribution < -0.4 is 14.9 Å². The maximum Gasteiger partial charge on any atom is 0.174 e. The van der Waals surface area contributed by atoms with Crippen LogP contribution in [-0.4, -0.2) is 35.1 Å². The van der Waals surface area contributed by atoms with E-state index in [1.165, 1.54) is 11.0 Å². The minimum atomic E-state index is -2.73. The topological polar surface area (TPSA) is 29.5 Å². The third-order valence-electron chi connectivity index (χ3n) is 5.18. The van der Waals surface area contributed by atoms with Crippen LogP contribution in [0.2, 0.25) is 0 Å². The Morgan fingerprint density at radius 3 is 1.85 bits per heavy atom. The van der Waals surface area contributed by atoms with Gasteiger partial charge in [0, 0.05) is 35.4 Å². The van der Waals surface area contributed by atoms with Gasteiger partial charge in [-0.2, -0.15) is 0 Å². The highest BCUT2D eigenvalue weighted by Crippen LogP contribution is 2.80. The van der Waals surface area contributed by atoms with Gasteiger partial charge in [-0.25, -0.2) is 0 Å². The van der Waals surface area contributed by atoms with E-state index in [1.54, 1.807) is 0 Å². The molecule has 0 aliphatic carbocycles. The van der Waals surface area contributed by atoms with Crippen molar-refractivity contribution in [2.75, 3.05) is 19.0 Å². The zero-order valence-corrected chi connectivity index (χ0v) is 20.3. The number of benzene rings is 1. The largest absolute Gasteiger partial charge is 0.477 e. The molecular weight excluding hydrogens is 360 g/mol. The fraction of sp³-hybridized carbons (Fsp3) is 0.714. The highest BCUT2D eigenvalue weighted by Gasteiger charge is 2.60. The van der Waals surface area contributed by atoms with Crippen molar-refractivity contribution in [3.8, 4) is 5.75 Å². The molecule has 0 saturated carbocycles. The molecule has 26 heavy (non-hydrogen) atoms. The van der Waals surface area contributed by atoms with Crippen LogP contribution in [0.25, 0.3) is 0 Å². The second kappa shape index (κ2) is 6.52. The van der Waals surface area contributed by atoms with E-state index in [-0.39, 0.29) is 21.1 Å². The van der Waals surface area contributed by atoms with Crippen molar-refractivity contribution in [3.05, 3.63) is 18.2 Å². The molecule has 1 aromatic carbocycles. The molecule has 0 radical (unpaired) electrons. The molecular formula is C21H37NO2P2. The number of hydrogen-bond donors (Lipinski definition) is 0. The van der Waals surface area contributed by atoms with Gasteiger partial charge in [0.15, 0.2) is 5.59 Å². The molecule has 2 atom stereocenters. The Bertz CT molecular complexity index is 703.